The third-order valence-corrected chi connectivity index (χ3v) is 4.17. The fourth-order valence-corrected chi connectivity index (χ4v) is 2.95. The van der Waals surface area contributed by atoms with Crippen LogP contribution < -0.4 is 14.8 Å². The molecule has 0 spiro atoms. The molecule has 1 aromatic heterocycles. The van der Waals surface area contributed by atoms with Crippen LogP contribution in [0.1, 0.15) is 11.1 Å². The van der Waals surface area contributed by atoms with E-state index in [-0.39, 0.29) is 0 Å². The molecule has 2 aromatic carbocycles. The molecule has 0 fully saturated rings. The molecule has 1 aliphatic carbocycles. The van der Waals surface area contributed by atoms with Crippen molar-refractivity contribution in [2.45, 2.75) is 6.42 Å². The second-order valence-electron chi connectivity index (χ2n) is 5.48. The van der Waals surface area contributed by atoms with Crippen molar-refractivity contribution in [3.63, 3.8) is 0 Å². The molecule has 0 amide bonds. The zero-order chi connectivity index (χ0) is 15.8. The monoisotopic (exact) mass is 307 g/mol. The summed E-state index contributed by atoms with van der Waals surface area (Å²) in [5.74, 6) is 2.58. The fraction of sp³-hybridized carbons (Fsp3) is 0.167. The van der Waals surface area contributed by atoms with Crippen LogP contribution in [0.3, 0.4) is 0 Å². The average molecular weight is 307 g/mol. The highest BCUT2D eigenvalue weighted by molar-refractivity contribution is 5.80. The number of benzene rings is 2. The number of hydrogen-bond acceptors (Lipinski definition) is 4. The Labute approximate surface area is 134 Å². The van der Waals surface area contributed by atoms with Crippen molar-refractivity contribution in [2.75, 3.05) is 19.5 Å². The van der Waals surface area contributed by atoms with E-state index in [1.54, 1.807) is 14.2 Å². The number of nitrogens with zero attached hydrogens (tertiary/aromatic N) is 1. The van der Waals surface area contributed by atoms with E-state index in [1.165, 1.54) is 16.7 Å². The van der Waals surface area contributed by atoms with Crippen molar-refractivity contribution in [2.24, 2.45) is 0 Å². The van der Waals surface area contributed by atoms with Crippen LogP contribution in [-0.2, 0) is 6.42 Å². The maximum absolute atomic E-state index is 5.31. The summed E-state index contributed by atoms with van der Waals surface area (Å²) in [6.45, 7) is 0. The van der Waals surface area contributed by atoms with Gasteiger partial charge in [-0.1, -0.05) is 0 Å². The second kappa shape index (κ2) is 5.35. The van der Waals surface area contributed by atoms with E-state index in [0.717, 1.165) is 35.1 Å². The molecular formula is C18H17N3O2. The van der Waals surface area contributed by atoms with Crippen LogP contribution >= 0.6 is 0 Å². The van der Waals surface area contributed by atoms with Crippen molar-refractivity contribution in [1.82, 2.24) is 10.2 Å². The van der Waals surface area contributed by atoms with Crippen molar-refractivity contribution in [3.05, 3.63) is 53.6 Å². The van der Waals surface area contributed by atoms with E-state index >= 15 is 0 Å². The Balaban J connectivity index is 1.63. The Hall–Kier alpha value is -2.95. The normalized spacial score (nSPS) is 11.7. The first-order chi connectivity index (χ1) is 11.3. The van der Waals surface area contributed by atoms with Gasteiger partial charge in [-0.2, -0.15) is 5.10 Å². The lowest BCUT2D eigenvalue weighted by molar-refractivity contribution is 0.414. The highest BCUT2D eigenvalue weighted by Crippen LogP contribution is 2.40. The summed E-state index contributed by atoms with van der Waals surface area (Å²) < 4.78 is 10.5. The molecule has 0 unspecified atom stereocenters. The van der Waals surface area contributed by atoms with Crippen LogP contribution in [-0.4, -0.2) is 24.4 Å². The van der Waals surface area contributed by atoms with Crippen LogP contribution in [0.15, 0.2) is 42.5 Å². The van der Waals surface area contributed by atoms with E-state index in [4.69, 9.17) is 9.47 Å². The lowest BCUT2D eigenvalue weighted by Gasteiger charge is -2.06. The van der Waals surface area contributed by atoms with Gasteiger partial charge in [0.15, 0.2) is 5.82 Å². The molecule has 4 rings (SSSR count). The average Bonchev–Trinajstić information content (AvgIpc) is 3.14. The minimum absolute atomic E-state index is 0.835. The number of aromatic nitrogens is 2. The molecule has 5 nitrogen and oxygen atoms in total. The minimum Gasteiger partial charge on any atom is -0.497 e. The predicted molar refractivity (Wildman–Crippen MR) is 89.7 cm³/mol. The summed E-state index contributed by atoms with van der Waals surface area (Å²) in [4.78, 5) is 0. The molecule has 0 atom stereocenters. The number of hydrogen-bond donors (Lipinski definition) is 2. The van der Waals surface area contributed by atoms with E-state index in [1.807, 2.05) is 30.3 Å². The molecular weight excluding hydrogens is 290 g/mol. The predicted octanol–water partition coefficient (Wildman–Crippen LogP) is 3.74. The van der Waals surface area contributed by atoms with E-state index < -0.39 is 0 Å². The lowest BCUT2D eigenvalue weighted by Crippen LogP contribution is -1.95. The van der Waals surface area contributed by atoms with Gasteiger partial charge >= 0.3 is 0 Å². The van der Waals surface area contributed by atoms with Gasteiger partial charge in [-0.15, -0.1) is 0 Å². The molecule has 5 heteroatoms. The quantitative estimate of drug-likeness (QED) is 0.603. The Kier molecular flexibility index (Phi) is 3.19. The minimum atomic E-state index is 0.835. The van der Waals surface area contributed by atoms with Gasteiger partial charge in [-0.3, -0.25) is 5.10 Å². The van der Waals surface area contributed by atoms with E-state index in [9.17, 15) is 0 Å². The molecule has 1 aliphatic rings. The van der Waals surface area contributed by atoms with Gasteiger partial charge in [-0.25, -0.2) is 0 Å². The molecule has 0 saturated heterocycles. The van der Waals surface area contributed by atoms with Crippen molar-refractivity contribution >= 4 is 11.5 Å². The van der Waals surface area contributed by atoms with Crippen LogP contribution in [0.2, 0.25) is 0 Å². The zero-order valence-electron chi connectivity index (χ0n) is 13.0. The van der Waals surface area contributed by atoms with Gasteiger partial charge in [-0.05, 0) is 48.0 Å². The van der Waals surface area contributed by atoms with E-state index in [2.05, 4.69) is 27.6 Å². The summed E-state index contributed by atoms with van der Waals surface area (Å²) >= 11 is 0. The number of ether oxygens (including phenoxy) is 2. The number of nitrogens with one attached hydrogen (secondary N) is 2. The molecule has 116 valence electrons. The summed E-state index contributed by atoms with van der Waals surface area (Å²) in [7, 11) is 3.35. The largest absolute Gasteiger partial charge is 0.497 e. The first-order valence-corrected chi connectivity index (χ1v) is 7.44. The first kappa shape index (κ1) is 13.7. The third kappa shape index (κ3) is 2.30. The highest BCUT2D eigenvalue weighted by Gasteiger charge is 2.24. The summed E-state index contributed by atoms with van der Waals surface area (Å²) in [6, 6.07) is 13.9. The first-order valence-electron chi connectivity index (χ1n) is 7.44. The zero-order valence-corrected chi connectivity index (χ0v) is 13.0. The molecule has 23 heavy (non-hydrogen) atoms. The van der Waals surface area contributed by atoms with Crippen molar-refractivity contribution in [3.8, 4) is 22.8 Å². The van der Waals surface area contributed by atoms with Crippen LogP contribution in [0, 0.1) is 0 Å². The molecule has 1 heterocycles. The Morgan fingerprint density at radius 3 is 2.48 bits per heavy atom. The van der Waals surface area contributed by atoms with Gasteiger partial charge in [0.05, 0.1) is 19.9 Å². The SMILES string of the molecule is COc1ccc(Nc2n[nH]c3c2Cc2cc(OC)ccc2-3)cc1. The van der Waals surface area contributed by atoms with Gasteiger partial charge in [0.25, 0.3) is 0 Å². The molecule has 0 saturated carbocycles. The smallest absolute Gasteiger partial charge is 0.156 e. The maximum atomic E-state index is 5.31. The Morgan fingerprint density at radius 1 is 1.00 bits per heavy atom. The van der Waals surface area contributed by atoms with Crippen molar-refractivity contribution in [1.29, 1.82) is 0 Å². The second-order valence-corrected chi connectivity index (χ2v) is 5.48. The Morgan fingerprint density at radius 2 is 1.74 bits per heavy atom. The van der Waals surface area contributed by atoms with Crippen LogP contribution in [0.25, 0.3) is 11.3 Å². The maximum Gasteiger partial charge on any atom is 0.156 e. The Bertz CT molecular complexity index is 853. The summed E-state index contributed by atoms with van der Waals surface area (Å²) in [5, 5.41) is 10.9. The number of H-pyrrole nitrogens is 1. The standard InChI is InChI=1S/C18H17N3O2/c1-22-13-5-3-12(4-6-13)19-18-16-10-11-9-14(23-2)7-8-15(11)17(16)20-21-18/h3-9H,10H2,1-2H3,(H2,19,20,21). The molecule has 0 aliphatic heterocycles. The summed E-state index contributed by atoms with van der Waals surface area (Å²) in [6.07, 6.45) is 0.844. The number of fused-ring (bicyclic) bond motifs is 3. The number of anilines is 2. The molecule has 3 aromatic rings. The van der Waals surface area contributed by atoms with Crippen LogP contribution in [0.4, 0.5) is 11.5 Å². The highest BCUT2D eigenvalue weighted by atomic mass is 16.5. The van der Waals surface area contributed by atoms with Gasteiger partial charge < -0.3 is 14.8 Å². The third-order valence-electron chi connectivity index (χ3n) is 4.17. The van der Waals surface area contributed by atoms with Gasteiger partial charge in [0.1, 0.15) is 11.5 Å². The number of methoxy groups -OCH3 is 2. The van der Waals surface area contributed by atoms with Crippen molar-refractivity contribution < 1.29 is 9.47 Å². The van der Waals surface area contributed by atoms with Gasteiger partial charge in [0.2, 0.25) is 0 Å². The number of aromatic amines is 1. The topological polar surface area (TPSA) is 59.2 Å². The molecule has 0 radical (unpaired) electrons. The number of rotatable bonds is 4. The van der Waals surface area contributed by atoms with Gasteiger partial charge in [0, 0.05) is 23.2 Å². The molecule has 2 N–H and O–H groups in total. The van der Waals surface area contributed by atoms with Crippen LogP contribution in [0.5, 0.6) is 11.5 Å². The summed E-state index contributed by atoms with van der Waals surface area (Å²) in [5.41, 5.74) is 5.69. The lowest BCUT2D eigenvalue weighted by atomic mass is 10.1. The molecule has 0 bridgehead atoms. The van der Waals surface area contributed by atoms with E-state index in [0.29, 0.717) is 0 Å². The fourth-order valence-electron chi connectivity index (χ4n) is 2.95.